The normalized spacial score (nSPS) is 25.8. The van der Waals surface area contributed by atoms with Crippen molar-refractivity contribution in [2.24, 2.45) is 0 Å². The predicted molar refractivity (Wildman–Crippen MR) is 81.9 cm³/mol. The maximum Gasteiger partial charge on any atom is 0.273 e. The molecule has 1 aliphatic carbocycles. The Morgan fingerprint density at radius 2 is 2.14 bits per heavy atom. The van der Waals surface area contributed by atoms with E-state index in [1.165, 1.54) is 0 Å². The monoisotopic (exact) mass is 336 g/mol. The molecular weight excluding hydrogens is 308 g/mol. The molecule has 22 heavy (non-hydrogen) atoms. The van der Waals surface area contributed by atoms with Crippen LogP contribution in [0.15, 0.2) is 0 Å². The van der Waals surface area contributed by atoms with Gasteiger partial charge in [0.1, 0.15) is 4.75 Å². The average molecular weight is 336 g/mol. The van der Waals surface area contributed by atoms with Crippen LogP contribution in [0.5, 0.6) is 0 Å². The highest BCUT2D eigenvalue weighted by atomic mass is 32.2. The summed E-state index contributed by atoms with van der Waals surface area (Å²) >= 11 is 0. The SMILES string of the molecule is CCCCOS(=O)(=O)C1(C[C@@H](O)COC2CCCCO2)CC1. The second-order valence-corrected chi connectivity index (χ2v) is 8.31. The van der Waals surface area contributed by atoms with E-state index in [1.807, 2.05) is 6.92 Å². The molecule has 130 valence electrons. The van der Waals surface area contributed by atoms with Crippen LogP contribution in [0, 0.1) is 0 Å². The van der Waals surface area contributed by atoms with Crippen molar-refractivity contribution in [3.8, 4) is 0 Å². The van der Waals surface area contributed by atoms with Crippen LogP contribution in [0.2, 0.25) is 0 Å². The number of aliphatic hydroxyl groups is 1. The summed E-state index contributed by atoms with van der Waals surface area (Å²) in [6, 6.07) is 0. The zero-order chi connectivity index (χ0) is 16.1. The summed E-state index contributed by atoms with van der Waals surface area (Å²) in [6.45, 7) is 3.00. The fourth-order valence-electron chi connectivity index (χ4n) is 2.68. The second kappa shape index (κ2) is 8.06. The first-order valence-corrected chi connectivity index (χ1v) is 9.70. The zero-order valence-corrected chi connectivity index (χ0v) is 14.1. The standard InChI is InChI=1S/C15H28O6S/c1-2-3-10-21-22(17,18)15(7-8-15)11-13(16)12-20-14-6-4-5-9-19-14/h13-14,16H,2-12H2,1H3/t13-,14?/m1/s1. The summed E-state index contributed by atoms with van der Waals surface area (Å²) in [5.74, 6) is 0. The van der Waals surface area contributed by atoms with Crippen LogP contribution >= 0.6 is 0 Å². The van der Waals surface area contributed by atoms with Crippen molar-refractivity contribution in [1.82, 2.24) is 0 Å². The molecule has 0 aromatic heterocycles. The number of unbranched alkanes of at least 4 members (excludes halogenated alkanes) is 1. The van der Waals surface area contributed by atoms with Gasteiger partial charge in [-0.25, -0.2) is 0 Å². The van der Waals surface area contributed by atoms with Gasteiger partial charge in [-0.2, -0.15) is 8.42 Å². The quantitative estimate of drug-likeness (QED) is 0.485. The minimum absolute atomic E-state index is 0.108. The number of rotatable bonds is 10. The first kappa shape index (κ1) is 18.1. The lowest BCUT2D eigenvalue weighted by atomic mass is 10.2. The molecule has 0 aromatic carbocycles. The van der Waals surface area contributed by atoms with Crippen LogP contribution in [0.25, 0.3) is 0 Å². The van der Waals surface area contributed by atoms with Gasteiger partial charge in [-0.1, -0.05) is 13.3 Å². The number of ether oxygens (including phenoxy) is 2. The lowest BCUT2D eigenvalue weighted by Crippen LogP contribution is -2.34. The largest absolute Gasteiger partial charge is 0.391 e. The maximum absolute atomic E-state index is 12.2. The van der Waals surface area contributed by atoms with Crippen molar-refractivity contribution in [2.75, 3.05) is 19.8 Å². The van der Waals surface area contributed by atoms with E-state index < -0.39 is 21.0 Å². The number of aliphatic hydroxyl groups excluding tert-OH is 1. The first-order chi connectivity index (χ1) is 10.5. The Bertz CT molecular complexity index is 425. The van der Waals surface area contributed by atoms with E-state index in [-0.39, 0.29) is 25.9 Å². The molecule has 6 nitrogen and oxygen atoms in total. The summed E-state index contributed by atoms with van der Waals surface area (Å²) in [7, 11) is -3.61. The van der Waals surface area contributed by atoms with Crippen molar-refractivity contribution in [2.45, 2.75) is 75.4 Å². The summed E-state index contributed by atoms with van der Waals surface area (Å²) in [6.07, 6.45) is 4.75. The van der Waals surface area contributed by atoms with E-state index in [0.717, 1.165) is 32.1 Å². The van der Waals surface area contributed by atoms with Gasteiger partial charge >= 0.3 is 0 Å². The molecule has 1 unspecified atom stereocenters. The first-order valence-electron chi connectivity index (χ1n) is 8.29. The smallest absolute Gasteiger partial charge is 0.273 e. The van der Waals surface area contributed by atoms with E-state index in [1.54, 1.807) is 0 Å². The molecule has 0 aromatic rings. The van der Waals surface area contributed by atoms with Crippen LogP contribution in [0.1, 0.15) is 58.3 Å². The molecule has 1 saturated heterocycles. The van der Waals surface area contributed by atoms with Gasteiger partial charge in [0.25, 0.3) is 10.1 Å². The van der Waals surface area contributed by atoms with Gasteiger partial charge in [0.15, 0.2) is 6.29 Å². The fourth-order valence-corrected chi connectivity index (χ4v) is 4.27. The number of hydrogen-bond donors (Lipinski definition) is 1. The van der Waals surface area contributed by atoms with Crippen LogP contribution in [-0.4, -0.2) is 50.5 Å². The van der Waals surface area contributed by atoms with Crippen LogP contribution in [-0.2, 0) is 23.8 Å². The van der Waals surface area contributed by atoms with E-state index in [0.29, 0.717) is 19.4 Å². The lowest BCUT2D eigenvalue weighted by Gasteiger charge is -2.25. The molecule has 7 heteroatoms. The van der Waals surface area contributed by atoms with Gasteiger partial charge in [-0.15, -0.1) is 0 Å². The topological polar surface area (TPSA) is 82.1 Å². The molecular formula is C15H28O6S. The third-order valence-electron chi connectivity index (χ3n) is 4.29. The molecule has 1 saturated carbocycles. The summed E-state index contributed by atoms with van der Waals surface area (Å²) in [4.78, 5) is 0. The van der Waals surface area contributed by atoms with Gasteiger partial charge in [-0.3, -0.25) is 4.18 Å². The van der Waals surface area contributed by atoms with Crippen molar-refractivity contribution in [1.29, 1.82) is 0 Å². The third kappa shape index (κ3) is 4.89. The van der Waals surface area contributed by atoms with Crippen LogP contribution < -0.4 is 0 Å². The van der Waals surface area contributed by atoms with Crippen molar-refractivity contribution in [3.63, 3.8) is 0 Å². The van der Waals surface area contributed by atoms with Gasteiger partial charge in [0, 0.05) is 6.61 Å². The summed E-state index contributed by atoms with van der Waals surface area (Å²) in [5.41, 5.74) is 0. The third-order valence-corrected chi connectivity index (χ3v) is 6.41. The van der Waals surface area contributed by atoms with Crippen molar-refractivity contribution < 1.29 is 27.2 Å². The Morgan fingerprint density at radius 1 is 1.36 bits per heavy atom. The van der Waals surface area contributed by atoms with Crippen LogP contribution in [0.4, 0.5) is 0 Å². The minimum atomic E-state index is -3.61. The minimum Gasteiger partial charge on any atom is -0.391 e. The fraction of sp³-hybridized carbons (Fsp3) is 1.00. The molecule has 0 radical (unpaired) electrons. The van der Waals surface area contributed by atoms with Gasteiger partial charge < -0.3 is 14.6 Å². The second-order valence-electron chi connectivity index (χ2n) is 6.30. The molecule has 2 aliphatic rings. The highest BCUT2D eigenvalue weighted by Crippen LogP contribution is 2.48. The Balaban J connectivity index is 1.75. The molecule has 0 amide bonds. The Morgan fingerprint density at radius 3 is 2.73 bits per heavy atom. The molecule has 1 aliphatic heterocycles. The highest BCUT2D eigenvalue weighted by molar-refractivity contribution is 7.88. The van der Waals surface area contributed by atoms with Crippen LogP contribution in [0.3, 0.4) is 0 Å². The summed E-state index contributed by atoms with van der Waals surface area (Å²) in [5, 5.41) is 10.1. The van der Waals surface area contributed by atoms with E-state index in [2.05, 4.69) is 0 Å². The molecule has 2 atom stereocenters. The Labute approximate surface area is 133 Å². The molecule has 2 fully saturated rings. The van der Waals surface area contributed by atoms with Crippen molar-refractivity contribution in [3.05, 3.63) is 0 Å². The Kier molecular flexibility index (Phi) is 6.64. The highest BCUT2D eigenvalue weighted by Gasteiger charge is 2.56. The van der Waals surface area contributed by atoms with E-state index >= 15 is 0 Å². The Hall–Kier alpha value is -0.210. The molecule has 1 N–H and O–H groups in total. The van der Waals surface area contributed by atoms with Gasteiger partial charge in [-0.05, 0) is 44.9 Å². The molecule has 1 heterocycles. The average Bonchev–Trinajstić information content (AvgIpc) is 3.28. The van der Waals surface area contributed by atoms with E-state index in [4.69, 9.17) is 13.7 Å². The maximum atomic E-state index is 12.2. The van der Waals surface area contributed by atoms with E-state index in [9.17, 15) is 13.5 Å². The summed E-state index contributed by atoms with van der Waals surface area (Å²) < 4.78 is 39.6. The lowest BCUT2D eigenvalue weighted by molar-refractivity contribution is -0.175. The predicted octanol–water partition coefficient (Wildman–Crippen LogP) is 1.96. The molecule has 0 bridgehead atoms. The van der Waals surface area contributed by atoms with Gasteiger partial charge in [0.2, 0.25) is 0 Å². The zero-order valence-electron chi connectivity index (χ0n) is 13.3. The molecule has 2 rings (SSSR count). The van der Waals surface area contributed by atoms with Gasteiger partial charge in [0.05, 0.1) is 19.3 Å². The number of hydrogen-bond acceptors (Lipinski definition) is 6. The van der Waals surface area contributed by atoms with Crippen molar-refractivity contribution >= 4 is 10.1 Å². The molecule has 0 spiro atoms.